The average molecular weight is 227 g/mol. The van der Waals surface area contributed by atoms with Crippen LogP contribution in [0.15, 0.2) is 30.6 Å². The van der Waals surface area contributed by atoms with Crippen molar-refractivity contribution in [1.29, 1.82) is 0 Å². The first-order chi connectivity index (χ1) is 7.04. The van der Waals surface area contributed by atoms with Gasteiger partial charge in [0.15, 0.2) is 0 Å². The molecule has 0 aliphatic heterocycles. The van der Waals surface area contributed by atoms with Gasteiger partial charge in [0.05, 0.1) is 11.4 Å². The van der Waals surface area contributed by atoms with Crippen molar-refractivity contribution in [3.8, 4) is 0 Å². The highest BCUT2D eigenvalue weighted by Crippen LogP contribution is 2.28. The molecule has 0 aliphatic rings. The Morgan fingerprint density at radius 1 is 1.40 bits per heavy atom. The summed E-state index contributed by atoms with van der Waals surface area (Å²) >= 11 is 0. The number of imidazole rings is 1. The van der Waals surface area contributed by atoms with E-state index < -0.39 is 10.8 Å². The summed E-state index contributed by atoms with van der Waals surface area (Å²) in [5.41, 5.74) is 1.66. The maximum Gasteiger partial charge on any atom is 0.136 e. The molecule has 0 aliphatic carbocycles. The van der Waals surface area contributed by atoms with Gasteiger partial charge in [-0.25, -0.2) is 10.1 Å². The van der Waals surface area contributed by atoms with E-state index in [0.29, 0.717) is 6.42 Å². The second-order valence-electron chi connectivity index (χ2n) is 3.37. The molecule has 0 fully saturated rings. The van der Waals surface area contributed by atoms with Crippen molar-refractivity contribution >= 4 is 16.4 Å². The van der Waals surface area contributed by atoms with Crippen LogP contribution >= 0.6 is 10.8 Å². The van der Waals surface area contributed by atoms with Crippen molar-refractivity contribution < 1.29 is 9.11 Å². The van der Waals surface area contributed by atoms with E-state index in [-0.39, 0.29) is 5.75 Å². The monoisotopic (exact) mass is 227 g/mol. The molecular formula is C9H13N3O2S. The zero-order chi connectivity index (χ0) is 10.9. The van der Waals surface area contributed by atoms with Crippen LogP contribution in [-0.4, -0.2) is 24.2 Å². The van der Waals surface area contributed by atoms with Gasteiger partial charge < -0.3 is 4.40 Å². The lowest BCUT2D eigenvalue weighted by molar-refractivity contribution is 0.488. The minimum atomic E-state index is -2.91. The third-order valence-corrected chi connectivity index (χ3v) is 2.88. The summed E-state index contributed by atoms with van der Waals surface area (Å²) in [6.45, 7) is 0. The van der Waals surface area contributed by atoms with Crippen LogP contribution in [0.25, 0.3) is 5.65 Å². The van der Waals surface area contributed by atoms with Gasteiger partial charge in [-0.15, -0.1) is 10.8 Å². The molecule has 0 bridgehead atoms. The number of hydrogen-bond donors (Lipinski definition) is 3. The van der Waals surface area contributed by atoms with Gasteiger partial charge in [-0.05, 0) is 12.1 Å². The van der Waals surface area contributed by atoms with E-state index in [4.69, 9.17) is 14.2 Å². The predicted octanol–water partition coefficient (Wildman–Crippen LogP) is 1.50. The van der Waals surface area contributed by atoms with Crippen LogP contribution in [0.5, 0.6) is 0 Å². The van der Waals surface area contributed by atoms with Gasteiger partial charge in [0.1, 0.15) is 5.65 Å². The zero-order valence-corrected chi connectivity index (χ0v) is 8.89. The highest BCUT2D eigenvalue weighted by molar-refractivity contribution is 8.22. The molecule has 0 amide bonds. The number of rotatable bonds is 3. The lowest BCUT2D eigenvalue weighted by Crippen LogP contribution is -2.14. The van der Waals surface area contributed by atoms with E-state index in [9.17, 15) is 0 Å². The van der Waals surface area contributed by atoms with E-state index in [2.05, 4.69) is 4.98 Å². The summed E-state index contributed by atoms with van der Waals surface area (Å²) in [6.07, 6.45) is 4.23. The van der Waals surface area contributed by atoms with Crippen LogP contribution in [-0.2, 0) is 6.42 Å². The normalized spacial score (nSPS) is 13.3. The number of aryl methyl sites for hydroxylation is 1. The molecule has 2 rings (SSSR count). The van der Waals surface area contributed by atoms with E-state index in [1.165, 1.54) is 0 Å². The fourth-order valence-electron chi connectivity index (χ4n) is 1.36. The standard InChI is InChI=1S/C9H13N3O2S/c10-15(13,14)6-4-8-7-12-5-2-1-3-9(12)11-8/h1-3,5,7,13-14H,4,6,10H2. The SMILES string of the molecule is NS(O)(O)CCc1cn2ccccc2n1. The van der Waals surface area contributed by atoms with Gasteiger partial charge in [-0.3, -0.25) is 9.11 Å². The van der Waals surface area contributed by atoms with E-state index >= 15 is 0 Å². The van der Waals surface area contributed by atoms with Crippen LogP contribution in [0.4, 0.5) is 0 Å². The number of nitrogens with two attached hydrogens (primary N) is 1. The summed E-state index contributed by atoms with van der Waals surface area (Å²) in [5, 5.41) is 5.14. The molecule has 2 aromatic heterocycles. The lowest BCUT2D eigenvalue weighted by Gasteiger charge is -2.25. The maximum absolute atomic E-state index is 9.04. The smallest absolute Gasteiger partial charge is 0.136 e. The first-order valence-electron chi connectivity index (χ1n) is 4.51. The Labute approximate surface area is 89.0 Å². The molecule has 4 N–H and O–H groups in total. The average Bonchev–Trinajstić information content (AvgIpc) is 2.56. The zero-order valence-electron chi connectivity index (χ0n) is 8.08. The molecule has 0 unspecified atom stereocenters. The number of aromatic nitrogens is 2. The molecule has 0 aromatic carbocycles. The summed E-state index contributed by atoms with van der Waals surface area (Å²) in [6, 6.07) is 5.71. The van der Waals surface area contributed by atoms with Gasteiger partial charge in [0, 0.05) is 18.8 Å². The largest absolute Gasteiger partial charge is 0.307 e. The highest BCUT2D eigenvalue weighted by Gasteiger charge is 2.07. The fourth-order valence-corrected chi connectivity index (χ4v) is 1.87. The third kappa shape index (κ3) is 2.69. The topological polar surface area (TPSA) is 83.8 Å². The van der Waals surface area contributed by atoms with Crippen molar-refractivity contribution in [2.45, 2.75) is 6.42 Å². The minimum Gasteiger partial charge on any atom is -0.307 e. The molecule has 0 atom stereocenters. The molecule has 15 heavy (non-hydrogen) atoms. The van der Waals surface area contributed by atoms with Crippen molar-refractivity contribution in [1.82, 2.24) is 9.38 Å². The van der Waals surface area contributed by atoms with Crippen molar-refractivity contribution in [2.24, 2.45) is 5.14 Å². The van der Waals surface area contributed by atoms with Crippen LogP contribution in [0.3, 0.4) is 0 Å². The minimum absolute atomic E-state index is 0.150. The number of nitrogens with zero attached hydrogens (tertiary/aromatic N) is 2. The van der Waals surface area contributed by atoms with Crippen LogP contribution in [0, 0.1) is 0 Å². The van der Waals surface area contributed by atoms with Crippen LogP contribution in [0.1, 0.15) is 5.69 Å². The highest BCUT2D eigenvalue weighted by atomic mass is 32.3. The van der Waals surface area contributed by atoms with E-state index in [1.54, 1.807) is 0 Å². The van der Waals surface area contributed by atoms with Gasteiger partial charge in [-0.1, -0.05) is 6.07 Å². The first kappa shape index (κ1) is 10.4. The van der Waals surface area contributed by atoms with Crippen molar-refractivity contribution in [3.05, 3.63) is 36.3 Å². The third-order valence-electron chi connectivity index (χ3n) is 2.07. The summed E-state index contributed by atoms with van der Waals surface area (Å²) in [7, 11) is -2.91. The van der Waals surface area contributed by atoms with E-state index in [1.807, 2.05) is 35.0 Å². The number of pyridine rings is 1. The number of fused-ring (bicyclic) bond motifs is 1. The van der Waals surface area contributed by atoms with Crippen LogP contribution < -0.4 is 5.14 Å². The first-order valence-corrected chi connectivity index (χ1v) is 6.29. The summed E-state index contributed by atoms with van der Waals surface area (Å²) < 4.78 is 20.0. The molecule has 6 heteroatoms. The van der Waals surface area contributed by atoms with Gasteiger partial charge in [0.2, 0.25) is 0 Å². The number of hydrogen-bond acceptors (Lipinski definition) is 4. The summed E-state index contributed by atoms with van der Waals surface area (Å²) in [5.74, 6) is 0.150. The molecule has 0 radical (unpaired) electrons. The van der Waals surface area contributed by atoms with Crippen molar-refractivity contribution in [3.63, 3.8) is 0 Å². The van der Waals surface area contributed by atoms with Crippen LogP contribution in [0.2, 0.25) is 0 Å². The van der Waals surface area contributed by atoms with Crippen molar-refractivity contribution in [2.75, 3.05) is 5.75 Å². The molecule has 5 nitrogen and oxygen atoms in total. The molecular weight excluding hydrogens is 214 g/mol. The quantitative estimate of drug-likeness (QED) is 0.742. The lowest BCUT2D eigenvalue weighted by atomic mass is 10.4. The molecule has 2 heterocycles. The Bertz CT molecular complexity index is 431. The molecule has 2 aromatic rings. The van der Waals surface area contributed by atoms with E-state index in [0.717, 1.165) is 11.3 Å². The second kappa shape index (κ2) is 3.82. The second-order valence-corrected chi connectivity index (χ2v) is 5.21. The Hall–Kier alpha value is -1.08. The Morgan fingerprint density at radius 3 is 2.87 bits per heavy atom. The fraction of sp³-hybridized carbons (Fsp3) is 0.222. The molecule has 0 saturated heterocycles. The van der Waals surface area contributed by atoms with Gasteiger partial charge in [-0.2, -0.15) is 0 Å². The summed E-state index contributed by atoms with van der Waals surface area (Å²) in [4.78, 5) is 4.31. The molecule has 82 valence electrons. The molecule has 0 saturated carbocycles. The predicted molar refractivity (Wildman–Crippen MR) is 60.8 cm³/mol. The Balaban J connectivity index is 2.16. The molecule has 0 spiro atoms. The Morgan fingerprint density at radius 2 is 2.20 bits per heavy atom. The maximum atomic E-state index is 9.04. The van der Waals surface area contributed by atoms with Gasteiger partial charge >= 0.3 is 0 Å². The van der Waals surface area contributed by atoms with Gasteiger partial charge in [0.25, 0.3) is 0 Å². The Kier molecular flexibility index (Phi) is 2.66.